The summed E-state index contributed by atoms with van der Waals surface area (Å²) < 4.78 is 10.9. The Morgan fingerprint density at radius 3 is 2.33 bits per heavy atom. The molecule has 3 nitrogen and oxygen atoms in total. The van der Waals surface area contributed by atoms with E-state index in [1.54, 1.807) is 24.3 Å². The molecule has 0 aliphatic heterocycles. The Morgan fingerprint density at radius 1 is 0.952 bits per heavy atom. The van der Waals surface area contributed by atoms with Crippen LogP contribution in [0.15, 0.2) is 30.3 Å². The van der Waals surface area contributed by atoms with Crippen LogP contribution in [0.1, 0.15) is 11.1 Å². The Kier molecular flexibility index (Phi) is 5.59. The van der Waals surface area contributed by atoms with Crippen LogP contribution in [0.5, 0.6) is 11.5 Å². The molecule has 6 heteroatoms. The first kappa shape index (κ1) is 16.2. The van der Waals surface area contributed by atoms with E-state index in [2.05, 4.69) is 0 Å². The number of rotatable bonds is 5. The second-order valence-corrected chi connectivity index (χ2v) is 5.51. The average molecular weight is 348 g/mol. The Hall–Kier alpha value is -1.13. The minimum absolute atomic E-state index is 0.164. The number of ether oxygens (including phenoxy) is 2. The molecule has 0 saturated heterocycles. The van der Waals surface area contributed by atoms with Gasteiger partial charge in [-0.25, -0.2) is 0 Å². The summed E-state index contributed by atoms with van der Waals surface area (Å²) in [5.74, 6) is 0.995. The number of halogens is 3. The van der Waals surface area contributed by atoms with Crippen LogP contribution in [0.2, 0.25) is 15.1 Å². The van der Waals surface area contributed by atoms with Crippen molar-refractivity contribution in [2.75, 3.05) is 7.11 Å². The molecule has 2 aromatic carbocycles. The first-order chi connectivity index (χ1) is 10.0. The van der Waals surface area contributed by atoms with Gasteiger partial charge in [0.15, 0.2) is 11.5 Å². The fourth-order valence-corrected chi connectivity index (χ4v) is 2.30. The van der Waals surface area contributed by atoms with Gasteiger partial charge in [0.05, 0.1) is 28.8 Å². The lowest BCUT2D eigenvalue weighted by Gasteiger charge is -2.13. The maximum atomic E-state index is 9.19. The molecule has 112 valence electrons. The SMILES string of the molecule is COc1cc(CO)c(Cl)cc1OCc1ccc(Cl)c(Cl)c1. The van der Waals surface area contributed by atoms with Gasteiger partial charge in [0.2, 0.25) is 0 Å². The highest BCUT2D eigenvalue weighted by molar-refractivity contribution is 6.42. The second-order valence-electron chi connectivity index (χ2n) is 4.29. The van der Waals surface area contributed by atoms with Gasteiger partial charge >= 0.3 is 0 Å². The summed E-state index contributed by atoms with van der Waals surface area (Å²) in [5.41, 5.74) is 1.45. The van der Waals surface area contributed by atoms with E-state index in [1.165, 1.54) is 7.11 Å². The number of benzene rings is 2. The van der Waals surface area contributed by atoms with Gasteiger partial charge in [0.1, 0.15) is 6.61 Å². The normalized spacial score (nSPS) is 10.5. The maximum absolute atomic E-state index is 9.19. The van der Waals surface area contributed by atoms with E-state index in [0.29, 0.717) is 38.7 Å². The fraction of sp³-hybridized carbons (Fsp3) is 0.200. The van der Waals surface area contributed by atoms with Gasteiger partial charge in [0, 0.05) is 6.07 Å². The molecule has 0 aliphatic carbocycles. The second kappa shape index (κ2) is 7.23. The Balaban J connectivity index is 2.19. The summed E-state index contributed by atoms with van der Waals surface area (Å²) in [6, 6.07) is 8.53. The van der Waals surface area contributed by atoms with Gasteiger partial charge in [-0.1, -0.05) is 40.9 Å². The van der Waals surface area contributed by atoms with E-state index < -0.39 is 0 Å². The summed E-state index contributed by atoms with van der Waals surface area (Å²) in [5, 5.41) is 10.6. The van der Waals surface area contributed by atoms with Crippen LogP contribution < -0.4 is 9.47 Å². The molecule has 0 radical (unpaired) electrons. The molecule has 0 bridgehead atoms. The molecule has 0 amide bonds. The molecule has 1 N–H and O–H groups in total. The maximum Gasteiger partial charge on any atom is 0.163 e. The van der Waals surface area contributed by atoms with E-state index in [-0.39, 0.29) is 6.61 Å². The predicted octanol–water partition coefficient (Wildman–Crippen LogP) is 4.73. The zero-order valence-corrected chi connectivity index (χ0v) is 13.5. The van der Waals surface area contributed by atoms with Crippen molar-refractivity contribution in [3.63, 3.8) is 0 Å². The number of aliphatic hydroxyl groups excluding tert-OH is 1. The van der Waals surface area contributed by atoms with Crippen LogP contribution >= 0.6 is 34.8 Å². The van der Waals surface area contributed by atoms with Gasteiger partial charge in [-0.05, 0) is 29.3 Å². The van der Waals surface area contributed by atoms with E-state index in [1.807, 2.05) is 6.07 Å². The predicted molar refractivity (Wildman–Crippen MR) is 84.7 cm³/mol. The summed E-state index contributed by atoms with van der Waals surface area (Å²) in [6.07, 6.45) is 0. The molecule has 0 atom stereocenters. The van der Waals surface area contributed by atoms with Gasteiger partial charge < -0.3 is 14.6 Å². The number of hydrogen-bond acceptors (Lipinski definition) is 3. The van der Waals surface area contributed by atoms with Gasteiger partial charge in [-0.3, -0.25) is 0 Å². The van der Waals surface area contributed by atoms with E-state index >= 15 is 0 Å². The smallest absolute Gasteiger partial charge is 0.163 e. The molecule has 2 aromatic rings. The third-order valence-corrected chi connectivity index (χ3v) is 3.97. The van der Waals surface area contributed by atoms with Crippen LogP contribution in [0, 0.1) is 0 Å². The third-order valence-electron chi connectivity index (χ3n) is 2.88. The average Bonchev–Trinajstić information content (AvgIpc) is 2.48. The van der Waals surface area contributed by atoms with Crippen LogP contribution in [0.4, 0.5) is 0 Å². The van der Waals surface area contributed by atoms with Gasteiger partial charge in [0.25, 0.3) is 0 Å². The highest BCUT2D eigenvalue weighted by Gasteiger charge is 2.10. The van der Waals surface area contributed by atoms with Crippen LogP contribution in [0.3, 0.4) is 0 Å². The van der Waals surface area contributed by atoms with Crippen molar-refractivity contribution in [2.24, 2.45) is 0 Å². The fourth-order valence-electron chi connectivity index (χ4n) is 1.76. The number of hydrogen-bond donors (Lipinski definition) is 1. The minimum atomic E-state index is -0.164. The molecule has 0 heterocycles. The highest BCUT2D eigenvalue weighted by atomic mass is 35.5. The molecule has 0 aliphatic rings. The van der Waals surface area contributed by atoms with Crippen LogP contribution in [-0.4, -0.2) is 12.2 Å². The standard InChI is InChI=1S/C15H13Cl3O3/c1-20-14-5-10(7-19)12(17)6-15(14)21-8-9-2-3-11(16)13(18)4-9/h2-6,19H,7-8H2,1H3. The summed E-state index contributed by atoms with van der Waals surface area (Å²) in [4.78, 5) is 0. The lowest BCUT2D eigenvalue weighted by molar-refractivity contribution is 0.274. The summed E-state index contributed by atoms with van der Waals surface area (Å²) in [6.45, 7) is 0.129. The largest absolute Gasteiger partial charge is 0.493 e. The number of methoxy groups -OCH3 is 1. The zero-order valence-electron chi connectivity index (χ0n) is 11.2. The molecule has 0 saturated carbocycles. The molecule has 2 rings (SSSR count). The molecule has 0 spiro atoms. The minimum Gasteiger partial charge on any atom is -0.493 e. The third kappa shape index (κ3) is 3.95. The van der Waals surface area contributed by atoms with Crippen molar-refractivity contribution in [1.82, 2.24) is 0 Å². The lowest BCUT2D eigenvalue weighted by Crippen LogP contribution is -1.99. The molecule has 0 fully saturated rings. The number of aliphatic hydroxyl groups is 1. The van der Waals surface area contributed by atoms with Crippen molar-refractivity contribution in [1.29, 1.82) is 0 Å². The Labute approximate surface area is 138 Å². The molecule has 0 aromatic heterocycles. The van der Waals surface area contributed by atoms with E-state index in [9.17, 15) is 5.11 Å². The highest BCUT2D eigenvalue weighted by Crippen LogP contribution is 2.34. The Bertz CT molecular complexity index is 644. The van der Waals surface area contributed by atoms with E-state index in [4.69, 9.17) is 44.3 Å². The van der Waals surface area contributed by atoms with Crippen molar-refractivity contribution in [3.05, 3.63) is 56.5 Å². The molecular formula is C15H13Cl3O3. The quantitative estimate of drug-likeness (QED) is 0.850. The molecule has 21 heavy (non-hydrogen) atoms. The molecular weight excluding hydrogens is 335 g/mol. The van der Waals surface area contributed by atoms with Crippen molar-refractivity contribution >= 4 is 34.8 Å². The summed E-state index contributed by atoms with van der Waals surface area (Å²) in [7, 11) is 1.52. The topological polar surface area (TPSA) is 38.7 Å². The van der Waals surface area contributed by atoms with Crippen molar-refractivity contribution in [3.8, 4) is 11.5 Å². The van der Waals surface area contributed by atoms with Crippen LogP contribution in [0.25, 0.3) is 0 Å². The lowest BCUT2D eigenvalue weighted by atomic mass is 10.2. The first-order valence-corrected chi connectivity index (χ1v) is 7.22. The Morgan fingerprint density at radius 2 is 1.71 bits per heavy atom. The van der Waals surface area contributed by atoms with Crippen LogP contribution in [-0.2, 0) is 13.2 Å². The zero-order chi connectivity index (χ0) is 15.4. The monoisotopic (exact) mass is 346 g/mol. The van der Waals surface area contributed by atoms with Gasteiger partial charge in [-0.15, -0.1) is 0 Å². The van der Waals surface area contributed by atoms with Gasteiger partial charge in [-0.2, -0.15) is 0 Å². The first-order valence-electron chi connectivity index (χ1n) is 6.09. The van der Waals surface area contributed by atoms with Crippen molar-refractivity contribution in [2.45, 2.75) is 13.2 Å². The molecule has 0 unspecified atom stereocenters. The van der Waals surface area contributed by atoms with Crippen molar-refractivity contribution < 1.29 is 14.6 Å². The van der Waals surface area contributed by atoms with E-state index in [0.717, 1.165) is 5.56 Å². The summed E-state index contributed by atoms with van der Waals surface area (Å²) >= 11 is 17.9.